The Balaban J connectivity index is 1.64. The molecular formula is C19H20ClN5O. The molecule has 0 N–H and O–H groups in total. The number of anilines is 1. The Hall–Kier alpha value is -2.47. The number of carbonyl (C=O) groups is 1. The Morgan fingerprint density at radius 3 is 2.96 bits per heavy atom. The van der Waals surface area contributed by atoms with Crippen molar-refractivity contribution in [2.75, 3.05) is 18.0 Å². The summed E-state index contributed by atoms with van der Waals surface area (Å²) in [7, 11) is 1.88. The fraction of sp³-hybridized carbons (Fsp3) is 0.368. The molecule has 2 aromatic heterocycles. The van der Waals surface area contributed by atoms with Gasteiger partial charge in [-0.05, 0) is 31.9 Å². The largest absolute Gasteiger partial charge is 0.355 e. The number of carbonyl (C=O) groups excluding carboxylic acids is 1. The highest BCUT2D eigenvalue weighted by Gasteiger charge is 2.29. The van der Waals surface area contributed by atoms with Crippen LogP contribution in [0.4, 0.5) is 5.82 Å². The molecule has 0 saturated carbocycles. The summed E-state index contributed by atoms with van der Waals surface area (Å²) in [4.78, 5) is 24.2. The molecule has 1 unspecified atom stereocenters. The van der Waals surface area contributed by atoms with Crippen LogP contribution in [0.15, 0.2) is 30.5 Å². The first-order valence-electron chi connectivity index (χ1n) is 8.74. The minimum Gasteiger partial charge on any atom is -0.355 e. The van der Waals surface area contributed by atoms with Crippen LogP contribution in [0.2, 0.25) is 5.02 Å². The number of ketones is 1. The van der Waals surface area contributed by atoms with Gasteiger partial charge in [-0.15, -0.1) is 0 Å². The van der Waals surface area contributed by atoms with E-state index in [1.165, 1.54) is 0 Å². The number of benzene rings is 1. The Labute approximate surface area is 156 Å². The standard InChI is InChI=1S/C19H20ClN5O/c1-12-22-18-16(10-21-24(18)2)19(23-12)25-8-4-6-14(11-25)17(26)13-5-3-7-15(20)9-13/h3,5,7,9-10,14H,4,6,8,11H2,1-2H3. The lowest BCUT2D eigenvalue weighted by Gasteiger charge is -2.33. The predicted octanol–water partition coefficient (Wildman–Crippen LogP) is 3.42. The van der Waals surface area contributed by atoms with Crippen LogP contribution in [-0.4, -0.2) is 38.6 Å². The monoisotopic (exact) mass is 369 g/mol. The molecule has 0 radical (unpaired) electrons. The molecule has 1 fully saturated rings. The first kappa shape index (κ1) is 17.0. The summed E-state index contributed by atoms with van der Waals surface area (Å²) in [5.41, 5.74) is 1.49. The second kappa shape index (κ2) is 6.68. The molecular weight excluding hydrogens is 350 g/mol. The zero-order chi connectivity index (χ0) is 18.3. The van der Waals surface area contributed by atoms with Crippen molar-refractivity contribution in [2.45, 2.75) is 19.8 Å². The average Bonchev–Trinajstić information content (AvgIpc) is 3.01. The van der Waals surface area contributed by atoms with Crippen molar-refractivity contribution in [3.63, 3.8) is 0 Å². The number of fused-ring (bicyclic) bond motifs is 1. The summed E-state index contributed by atoms with van der Waals surface area (Å²) in [6.07, 6.45) is 3.62. The molecule has 4 rings (SSSR count). The van der Waals surface area contributed by atoms with Gasteiger partial charge in [0.05, 0.1) is 11.6 Å². The van der Waals surface area contributed by atoms with Gasteiger partial charge in [0.1, 0.15) is 11.6 Å². The minimum atomic E-state index is -0.0655. The van der Waals surface area contributed by atoms with Gasteiger partial charge in [-0.3, -0.25) is 9.48 Å². The van der Waals surface area contributed by atoms with Gasteiger partial charge in [-0.1, -0.05) is 23.7 Å². The molecule has 0 aliphatic carbocycles. The number of Topliss-reactive ketones (excluding diaryl/α,β-unsaturated/α-hetero) is 1. The first-order chi connectivity index (χ1) is 12.5. The Morgan fingerprint density at radius 2 is 2.15 bits per heavy atom. The maximum atomic E-state index is 12.9. The number of hydrogen-bond donors (Lipinski definition) is 0. The first-order valence-corrected chi connectivity index (χ1v) is 9.12. The fourth-order valence-electron chi connectivity index (χ4n) is 3.62. The van der Waals surface area contributed by atoms with Gasteiger partial charge in [0.15, 0.2) is 11.4 Å². The van der Waals surface area contributed by atoms with Crippen molar-refractivity contribution in [2.24, 2.45) is 13.0 Å². The number of hydrogen-bond acceptors (Lipinski definition) is 5. The smallest absolute Gasteiger partial charge is 0.167 e. The second-order valence-corrected chi connectivity index (χ2v) is 7.20. The normalized spacial score (nSPS) is 17.7. The Bertz CT molecular complexity index is 983. The molecule has 0 spiro atoms. The summed E-state index contributed by atoms with van der Waals surface area (Å²) in [6, 6.07) is 7.19. The number of aryl methyl sites for hydroxylation is 2. The SMILES string of the molecule is Cc1nc(N2CCCC(C(=O)c3cccc(Cl)c3)C2)c2cnn(C)c2n1. The lowest BCUT2D eigenvalue weighted by molar-refractivity contribution is 0.0907. The van der Waals surface area contributed by atoms with Crippen molar-refractivity contribution < 1.29 is 4.79 Å². The van der Waals surface area contributed by atoms with E-state index in [1.807, 2.05) is 26.1 Å². The molecule has 3 heterocycles. The molecule has 1 atom stereocenters. The van der Waals surface area contributed by atoms with E-state index in [0.29, 0.717) is 23.0 Å². The summed E-state index contributed by atoms with van der Waals surface area (Å²) in [6.45, 7) is 3.40. The van der Waals surface area contributed by atoms with E-state index in [2.05, 4.69) is 20.0 Å². The molecule has 3 aromatic rings. The van der Waals surface area contributed by atoms with Crippen molar-refractivity contribution in [3.8, 4) is 0 Å². The molecule has 1 aromatic carbocycles. The van der Waals surface area contributed by atoms with E-state index in [0.717, 1.165) is 36.2 Å². The third-order valence-electron chi connectivity index (χ3n) is 4.88. The van der Waals surface area contributed by atoms with E-state index in [-0.39, 0.29) is 11.7 Å². The van der Waals surface area contributed by atoms with Crippen LogP contribution in [0.25, 0.3) is 11.0 Å². The van der Waals surface area contributed by atoms with E-state index in [4.69, 9.17) is 11.6 Å². The molecule has 0 amide bonds. The quantitative estimate of drug-likeness (QED) is 0.662. The zero-order valence-corrected chi connectivity index (χ0v) is 15.6. The van der Waals surface area contributed by atoms with Gasteiger partial charge in [-0.2, -0.15) is 5.10 Å². The van der Waals surface area contributed by atoms with E-state index < -0.39 is 0 Å². The average molecular weight is 370 g/mol. The molecule has 1 aliphatic rings. The Kier molecular flexibility index (Phi) is 4.36. The van der Waals surface area contributed by atoms with Gasteiger partial charge in [0.2, 0.25) is 0 Å². The summed E-state index contributed by atoms with van der Waals surface area (Å²) in [5, 5.41) is 5.82. The fourth-order valence-corrected chi connectivity index (χ4v) is 3.81. The third-order valence-corrected chi connectivity index (χ3v) is 5.12. The van der Waals surface area contributed by atoms with Crippen molar-refractivity contribution >= 4 is 34.2 Å². The van der Waals surface area contributed by atoms with Gasteiger partial charge in [0, 0.05) is 36.6 Å². The van der Waals surface area contributed by atoms with Crippen molar-refractivity contribution in [3.05, 3.63) is 46.9 Å². The molecule has 26 heavy (non-hydrogen) atoms. The number of aromatic nitrogens is 4. The molecule has 0 bridgehead atoms. The summed E-state index contributed by atoms with van der Waals surface area (Å²) >= 11 is 6.05. The topological polar surface area (TPSA) is 63.9 Å². The van der Waals surface area contributed by atoms with Gasteiger partial charge in [0.25, 0.3) is 0 Å². The van der Waals surface area contributed by atoms with Gasteiger partial charge < -0.3 is 4.90 Å². The van der Waals surface area contributed by atoms with Gasteiger partial charge >= 0.3 is 0 Å². The van der Waals surface area contributed by atoms with Crippen LogP contribution in [0.3, 0.4) is 0 Å². The lowest BCUT2D eigenvalue weighted by atomic mass is 9.90. The maximum absolute atomic E-state index is 12.9. The second-order valence-electron chi connectivity index (χ2n) is 6.76. The van der Waals surface area contributed by atoms with Gasteiger partial charge in [-0.25, -0.2) is 9.97 Å². The summed E-state index contributed by atoms with van der Waals surface area (Å²) in [5.74, 6) is 1.65. The van der Waals surface area contributed by atoms with Crippen molar-refractivity contribution in [1.82, 2.24) is 19.7 Å². The molecule has 7 heteroatoms. The molecule has 134 valence electrons. The molecule has 1 saturated heterocycles. The number of rotatable bonds is 3. The zero-order valence-electron chi connectivity index (χ0n) is 14.8. The predicted molar refractivity (Wildman–Crippen MR) is 102 cm³/mol. The van der Waals surface area contributed by atoms with Crippen LogP contribution in [-0.2, 0) is 7.05 Å². The Morgan fingerprint density at radius 1 is 1.31 bits per heavy atom. The highest BCUT2D eigenvalue weighted by atomic mass is 35.5. The van der Waals surface area contributed by atoms with Crippen molar-refractivity contribution in [1.29, 1.82) is 0 Å². The van der Waals surface area contributed by atoms with Crippen LogP contribution in [0, 0.1) is 12.8 Å². The van der Waals surface area contributed by atoms with Crippen LogP contribution in [0.5, 0.6) is 0 Å². The minimum absolute atomic E-state index is 0.0655. The number of halogens is 1. The number of piperidine rings is 1. The van der Waals surface area contributed by atoms with E-state index in [1.54, 1.807) is 23.0 Å². The third kappa shape index (κ3) is 3.05. The molecule has 6 nitrogen and oxygen atoms in total. The lowest BCUT2D eigenvalue weighted by Crippen LogP contribution is -2.39. The highest BCUT2D eigenvalue weighted by molar-refractivity contribution is 6.31. The highest BCUT2D eigenvalue weighted by Crippen LogP contribution is 2.29. The molecule has 1 aliphatic heterocycles. The van der Waals surface area contributed by atoms with E-state index in [9.17, 15) is 4.79 Å². The van der Waals surface area contributed by atoms with E-state index >= 15 is 0 Å². The summed E-state index contributed by atoms with van der Waals surface area (Å²) < 4.78 is 1.76. The van der Waals surface area contributed by atoms with Crippen LogP contribution in [0.1, 0.15) is 29.0 Å². The van der Waals surface area contributed by atoms with Crippen LogP contribution < -0.4 is 4.90 Å². The van der Waals surface area contributed by atoms with Crippen LogP contribution >= 0.6 is 11.6 Å². The number of nitrogens with zero attached hydrogens (tertiary/aromatic N) is 5. The maximum Gasteiger partial charge on any atom is 0.167 e.